The smallest absolute Gasteiger partial charge is 0.286 e. The number of nitrogens with one attached hydrogen (secondary N) is 1. The Morgan fingerprint density at radius 2 is 2.22 bits per heavy atom. The maximum Gasteiger partial charge on any atom is 0.365 e. The number of halogens is 1. The molecule has 1 aliphatic rings. The third-order valence-electron chi connectivity index (χ3n) is 1.97. The van der Waals surface area contributed by atoms with Gasteiger partial charge in [0.25, 0.3) is 0 Å². The zero-order valence-electron chi connectivity index (χ0n) is 9.17. The second-order valence-electron chi connectivity index (χ2n) is 3.33. The molecule has 2 amide bonds. The van der Waals surface area contributed by atoms with Crippen LogP contribution in [0.2, 0.25) is 0 Å². The highest BCUT2D eigenvalue weighted by Gasteiger charge is 2.13. The summed E-state index contributed by atoms with van der Waals surface area (Å²) in [6.07, 6.45) is 1.56. The fourth-order valence-electron chi connectivity index (χ4n) is 1.17. The summed E-state index contributed by atoms with van der Waals surface area (Å²) in [5, 5.41) is 16.9. The lowest BCUT2D eigenvalue weighted by Crippen LogP contribution is -2.31. The van der Waals surface area contributed by atoms with Crippen molar-refractivity contribution >= 4 is 34.0 Å². The number of carbonyl (C=O) groups is 1. The Hall–Kier alpha value is -2.15. The lowest BCUT2D eigenvalue weighted by atomic mass is 10.2. The van der Waals surface area contributed by atoms with E-state index in [-0.39, 0.29) is 11.5 Å². The highest BCUT2D eigenvalue weighted by Crippen LogP contribution is 2.10. The van der Waals surface area contributed by atoms with E-state index < -0.39 is 6.03 Å². The van der Waals surface area contributed by atoms with Crippen molar-refractivity contribution in [2.24, 2.45) is 20.4 Å². The van der Waals surface area contributed by atoms with Crippen LogP contribution in [-0.4, -0.2) is 18.1 Å². The normalized spacial score (nSPS) is 17.5. The second-order valence-corrected chi connectivity index (χ2v) is 4.24. The van der Waals surface area contributed by atoms with Gasteiger partial charge in [-0.1, -0.05) is 39.8 Å². The van der Waals surface area contributed by atoms with Crippen LogP contribution in [0.15, 0.2) is 61.4 Å². The predicted molar refractivity (Wildman–Crippen MR) is 71.7 cm³/mol. The van der Waals surface area contributed by atoms with Crippen LogP contribution < -0.4 is 5.32 Å². The van der Waals surface area contributed by atoms with Gasteiger partial charge in [0.1, 0.15) is 5.70 Å². The molecular weight excluding hydrogens is 298 g/mol. The maximum absolute atomic E-state index is 10.9. The molecule has 0 atom stereocenters. The molecule has 18 heavy (non-hydrogen) atoms. The number of carbonyl (C=O) groups excluding carboxylic acids is 1. The van der Waals surface area contributed by atoms with E-state index in [4.69, 9.17) is 0 Å². The minimum absolute atomic E-state index is 0.196. The van der Waals surface area contributed by atoms with Gasteiger partial charge in [0, 0.05) is 4.47 Å². The van der Waals surface area contributed by atoms with E-state index in [1.807, 2.05) is 24.3 Å². The molecule has 0 radical (unpaired) electrons. The Morgan fingerprint density at radius 3 is 3.00 bits per heavy atom. The molecular formula is C11H8BrN5O. The first kappa shape index (κ1) is 12.3. The molecule has 0 saturated heterocycles. The van der Waals surface area contributed by atoms with Gasteiger partial charge in [0.2, 0.25) is 0 Å². The molecule has 0 saturated carbocycles. The van der Waals surface area contributed by atoms with Crippen molar-refractivity contribution in [2.45, 2.75) is 0 Å². The third-order valence-corrected chi connectivity index (χ3v) is 2.47. The van der Waals surface area contributed by atoms with Gasteiger partial charge in [-0.3, -0.25) is 5.32 Å². The Balaban J connectivity index is 2.13. The van der Waals surface area contributed by atoms with Crippen molar-refractivity contribution in [1.82, 2.24) is 5.32 Å². The van der Waals surface area contributed by atoms with Crippen molar-refractivity contribution in [1.29, 1.82) is 0 Å². The largest absolute Gasteiger partial charge is 0.365 e. The summed E-state index contributed by atoms with van der Waals surface area (Å²) in [4.78, 5) is 10.9. The zero-order chi connectivity index (χ0) is 13.0. The Morgan fingerprint density at radius 1 is 1.39 bits per heavy atom. The Labute approximate surface area is 111 Å². The SMILES string of the molecule is C=C1N=NC(=O)N/C1=N/N=C/c1cccc(Br)c1. The highest BCUT2D eigenvalue weighted by molar-refractivity contribution is 9.10. The van der Waals surface area contributed by atoms with Crippen LogP contribution in [0, 0.1) is 0 Å². The van der Waals surface area contributed by atoms with Gasteiger partial charge in [-0.15, -0.1) is 10.2 Å². The number of amidine groups is 1. The van der Waals surface area contributed by atoms with Crippen LogP contribution in [0.1, 0.15) is 5.56 Å². The molecule has 0 unspecified atom stereocenters. The minimum atomic E-state index is -0.584. The first-order chi connectivity index (χ1) is 8.65. The van der Waals surface area contributed by atoms with E-state index in [1.54, 1.807) is 6.21 Å². The third kappa shape index (κ3) is 3.17. The summed E-state index contributed by atoms with van der Waals surface area (Å²) in [6, 6.07) is 6.97. The molecule has 1 aromatic carbocycles. The average molecular weight is 306 g/mol. The lowest BCUT2D eigenvalue weighted by molar-refractivity contribution is 0.251. The van der Waals surface area contributed by atoms with E-state index in [1.165, 1.54) is 0 Å². The number of nitrogens with zero attached hydrogens (tertiary/aromatic N) is 4. The molecule has 1 N–H and O–H groups in total. The van der Waals surface area contributed by atoms with Gasteiger partial charge in [0.15, 0.2) is 5.84 Å². The van der Waals surface area contributed by atoms with Crippen molar-refractivity contribution in [2.75, 3.05) is 0 Å². The van der Waals surface area contributed by atoms with Crippen molar-refractivity contribution < 1.29 is 4.79 Å². The van der Waals surface area contributed by atoms with Gasteiger partial charge >= 0.3 is 6.03 Å². The molecule has 6 nitrogen and oxygen atoms in total. The molecule has 0 aliphatic carbocycles. The van der Waals surface area contributed by atoms with Gasteiger partial charge in [0.05, 0.1) is 6.21 Å². The lowest BCUT2D eigenvalue weighted by Gasteiger charge is -2.06. The van der Waals surface area contributed by atoms with Gasteiger partial charge in [-0.25, -0.2) is 4.79 Å². The van der Waals surface area contributed by atoms with Gasteiger partial charge in [-0.05, 0) is 17.7 Å². The molecule has 1 heterocycles. The molecule has 0 spiro atoms. The molecule has 2 rings (SSSR count). The molecule has 1 aromatic rings. The monoisotopic (exact) mass is 305 g/mol. The van der Waals surface area contributed by atoms with Crippen LogP contribution in [0.3, 0.4) is 0 Å². The first-order valence-corrected chi connectivity index (χ1v) is 5.73. The summed E-state index contributed by atoms with van der Waals surface area (Å²) in [6.45, 7) is 3.58. The second kappa shape index (κ2) is 5.46. The van der Waals surface area contributed by atoms with E-state index in [9.17, 15) is 4.79 Å². The van der Waals surface area contributed by atoms with Crippen LogP contribution in [0.4, 0.5) is 4.79 Å². The number of hydrogen-bond acceptors (Lipinski definition) is 4. The quantitative estimate of drug-likeness (QED) is 0.662. The molecule has 90 valence electrons. The fraction of sp³-hybridized carbons (Fsp3) is 0. The summed E-state index contributed by atoms with van der Waals surface area (Å²) < 4.78 is 0.947. The number of benzene rings is 1. The molecule has 0 aromatic heterocycles. The molecule has 0 fully saturated rings. The van der Waals surface area contributed by atoms with E-state index in [0.717, 1.165) is 10.0 Å². The van der Waals surface area contributed by atoms with Crippen LogP contribution in [-0.2, 0) is 0 Å². The number of urea groups is 1. The number of rotatable bonds is 2. The summed E-state index contributed by atoms with van der Waals surface area (Å²) >= 11 is 3.35. The zero-order valence-corrected chi connectivity index (χ0v) is 10.8. The molecule has 0 bridgehead atoms. The maximum atomic E-state index is 10.9. The number of amides is 2. The fourth-order valence-corrected chi connectivity index (χ4v) is 1.59. The molecule has 7 heteroatoms. The molecule has 1 aliphatic heterocycles. The summed E-state index contributed by atoms with van der Waals surface area (Å²) in [5.74, 6) is 0.196. The predicted octanol–water partition coefficient (Wildman–Crippen LogP) is 2.87. The topological polar surface area (TPSA) is 78.5 Å². The van der Waals surface area contributed by atoms with Gasteiger partial charge in [-0.2, -0.15) is 5.10 Å². The van der Waals surface area contributed by atoms with E-state index in [0.29, 0.717) is 0 Å². The van der Waals surface area contributed by atoms with Crippen molar-refractivity contribution in [3.63, 3.8) is 0 Å². The highest BCUT2D eigenvalue weighted by atomic mass is 79.9. The average Bonchev–Trinajstić information content (AvgIpc) is 2.34. The number of hydrogen-bond donors (Lipinski definition) is 1. The number of azo groups is 1. The standard InChI is InChI=1S/C11H8BrN5O/c1-7-10(14-11(18)17-15-7)16-13-6-8-3-2-4-9(12)5-8/h2-6H,1H2,(H,14,16,18)/b13-6+. The van der Waals surface area contributed by atoms with Crippen LogP contribution in [0.5, 0.6) is 0 Å². The van der Waals surface area contributed by atoms with E-state index >= 15 is 0 Å². The van der Waals surface area contributed by atoms with Crippen molar-refractivity contribution in [3.05, 3.63) is 46.6 Å². The van der Waals surface area contributed by atoms with Crippen molar-refractivity contribution in [3.8, 4) is 0 Å². The Bertz CT molecular complexity index is 591. The first-order valence-electron chi connectivity index (χ1n) is 4.94. The summed E-state index contributed by atoms with van der Waals surface area (Å²) in [7, 11) is 0. The summed E-state index contributed by atoms with van der Waals surface area (Å²) in [5.41, 5.74) is 1.14. The van der Waals surface area contributed by atoms with Gasteiger partial charge < -0.3 is 0 Å². The minimum Gasteiger partial charge on any atom is -0.286 e. The van der Waals surface area contributed by atoms with Crippen LogP contribution >= 0.6 is 15.9 Å². The Kier molecular flexibility index (Phi) is 3.73. The van der Waals surface area contributed by atoms with Crippen LogP contribution in [0.25, 0.3) is 0 Å². The van der Waals surface area contributed by atoms with E-state index in [2.05, 4.69) is 48.3 Å².